The van der Waals surface area contributed by atoms with E-state index in [1.165, 1.54) is 25.3 Å². The van der Waals surface area contributed by atoms with Gasteiger partial charge in [0.1, 0.15) is 22.8 Å². The van der Waals surface area contributed by atoms with Crippen LogP contribution >= 0.6 is 24.2 Å². The summed E-state index contributed by atoms with van der Waals surface area (Å²) in [6, 6.07) is 8.94. The minimum atomic E-state index is -2.11. The molecule has 2 heterocycles. The third kappa shape index (κ3) is 5.66. The smallest absolute Gasteiger partial charge is 0.202 e. The standard InChI is InChI=1S/C32H32N2O10S.ClH/c1-14-27(36)17(33)10-22(43-14)44-19-12-32(41,20(35)13-45-21-8-3-4-9-34-21)11-16-24(19)31(40)26-25(29(16)38)28(37)15-6-5-7-18(42-2)23(15)30(26)39;/h3-9,14,17,19,22,27,36,38,40-41H,10-13,33H2,1-2H3;1H/t14?,17?,19-,22?,27?,32-;/m0./s1. The van der Waals surface area contributed by atoms with Gasteiger partial charge in [0.25, 0.3) is 0 Å². The molecule has 2 aliphatic carbocycles. The van der Waals surface area contributed by atoms with Gasteiger partial charge in [-0.3, -0.25) is 14.4 Å². The molecule has 2 aromatic carbocycles. The number of aromatic nitrogens is 1. The number of aromatic hydroxyl groups is 2. The number of halogens is 1. The van der Waals surface area contributed by atoms with Crippen molar-refractivity contribution < 1.29 is 49.0 Å². The van der Waals surface area contributed by atoms with Gasteiger partial charge in [-0.05, 0) is 25.1 Å². The molecular weight excluding hydrogens is 640 g/mol. The Kier molecular flexibility index (Phi) is 9.49. The number of carbonyl (C=O) groups is 3. The number of nitrogens with two attached hydrogens (primary N) is 1. The van der Waals surface area contributed by atoms with E-state index in [0.29, 0.717) is 5.03 Å². The summed E-state index contributed by atoms with van der Waals surface area (Å²) in [6.45, 7) is 1.61. The molecule has 1 aromatic heterocycles. The third-order valence-corrected chi connectivity index (χ3v) is 9.59. The van der Waals surface area contributed by atoms with Crippen molar-refractivity contribution in [2.24, 2.45) is 5.73 Å². The predicted molar refractivity (Wildman–Crippen MR) is 167 cm³/mol. The summed E-state index contributed by atoms with van der Waals surface area (Å²) in [7, 11) is 1.34. The van der Waals surface area contributed by atoms with Crippen molar-refractivity contribution in [3.8, 4) is 17.2 Å². The number of phenols is 2. The van der Waals surface area contributed by atoms with Crippen molar-refractivity contribution in [2.75, 3.05) is 12.9 Å². The molecule has 3 aliphatic rings. The Labute approximate surface area is 274 Å². The normalized spacial score (nSPS) is 26.8. The maximum atomic E-state index is 13.8. The lowest BCUT2D eigenvalue weighted by Crippen LogP contribution is -2.52. The van der Waals surface area contributed by atoms with E-state index in [9.17, 15) is 34.8 Å². The maximum Gasteiger partial charge on any atom is 0.202 e. The molecule has 1 fully saturated rings. The van der Waals surface area contributed by atoms with Gasteiger partial charge in [-0.2, -0.15) is 0 Å². The van der Waals surface area contributed by atoms with E-state index >= 15 is 0 Å². The summed E-state index contributed by atoms with van der Waals surface area (Å²) < 4.78 is 17.3. The van der Waals surface area contributed by atoms with E-state index in [0.717, 1.165) is 11.8 Å². The molecule has 4 unspecified atom stereocenters. The van der Waals surface area contributed by atoms with Crippen LogP contribution in [-0.2, 0) is 20.7 Å². The van der Waals surface area contributed by atoms with Crippen LogP contribution in [0.25, 0.3) is 0 Å². The molecule has 0 amide bonds. The molecule has 0 spiro atoms. The van der Waals surface area contributed by atoms with Crippen LogP contribution in [0.4, 0.5) is 0 Å². The van der Waals surface area contributed by atoms with Crippen molar-refractivity contribution in [1.82, 2.24) is 4.98 Å². The van der Waals surface area contributed by atoms with Gasteiger partial charge < -0.3 is 40.4 Å². The van der Waals surface area contributed by atoms with Crippen molar-refractivity contribution in [3.63, 3.8) is 0 Å². The van der Waals surface area contributed by atoms with Gasteiger partial charge in [-0.1, -0.05) is 30.0 Å². The van der Waals surface area contributed by atoms with E-state index in [4.69, 9.17) is 19.9 Å². The van der Waals surface area contributed by atoms with Crippen molar-refractivity contribution in [2.45, 2.75) is 67.5 Å². The second kappa shape index (κ2) is 12.9. The first-order valence-corrected chi connectivity index (χ1v) is 15.3. The Bertz CT molecular complexity index is 1690. The highest BCUT2D eigenvalue weighted by Gasteiger charge is 2.50. The topological polar surface area (TPSA) is 199 Å². The molecule has 6 rings (SSSR count). The average molecular weight is 673 g/mol. The van der Waals surface area contributed by atoms with Crippen LogP contribution in [0.1, 0.15) is 68.8 Å². The number of thioether (sulfide) groups is 1. The molecule has 1 aliphatic heterocycles. The number of aliphatic hydroxyl groups excluding tert-OH is 1. The van der Waals surface area contributed by atoms with Crippen molar-refractivity contribution >= 4 is 41.5 Å². The van der Waals surface area contributed by atoms with Crippen LogP contribution in [0.5, 0.6) is 17.2 Å². The minimum Gasteiger partial charge on any atom is -0.507 e. The molecule has 244 valence electrons. The number of nitrogens with zero attached hydrogens (tertiary/aromatic N) is 1. The summed E-state index contributed by atoms with van der Waals surface area (Å²) in [5.41, 5.74) is 2.85. The predicted octanol–water partition coefficient (Wildman–Crippen LogP) is 2.62. The molecule has 46 heavy (non-hydrogen) atoms. The summed E-state index contributed by atoms with van der Waals surface area (Å²) in [5.74, 6) is -3.41. The van der Waals surface area contributed by atoms with E-state index in [1.54, 1.807) is 31.3 Å². The minimum absolute atomic E-state index is 0. The van der Waals surface area contributed by atoms with Gasteiger partial charge in [-0.15, -0.1) is 12.4 Å². The Morgan fingerprint density at radius 2 is 1.85 bits per heavy atom. The molecule has 6 atom stereocenters. The third-order valence-electron chi connectivity index (χ3n) is 8.65. The number of rotatable bonds is 7. The fraction of sp³-hybridized carbons (Fsp3) is 0.375. The van der Waals surface area contributed by atoms with E-state index in [2.05, 4.69) is 4.98 Å². The zero-order valence-corrected chi connectivity index (χ0v) is 26.5. The SMILES string of the molecule is COc1cccc2c1C(=O)c1c(O)c3c(c(O)c1C2=O)C[C@@](O)(C(=O)CSc1ccccn1)C[C@@H]3OC1CC(N)C(O)C(C)O1.Cl. The van der Waals surface area contributed by atoms with Gasteiger partial charge in [0.15, 0.2) is 17.9 Å². The summed E-state index contributed by atoms with van der Waals surface area (Å²) in [6.07, 6.45) is -3.23. The zero-order chi connectivity index (χ0) is 32.2. The molecule has 0 saturated carbocycles. The quantitative estimate of drug-likeness (QED) is 0.142. The van der Waals surface area contributed by atoms with Crippen LogP contribution in [0, 0.1) is 0 Å². The Hall–Kier alpha value is -3.56. The number of phenolic OH excluding ortho intramolecular Hbond substituents is 2. The second-order valence-corrected chi connectivity index (χ2v) is 12.5. The van der Waals surface area contributed by atoms with Gasteiger partial charge in [-0.25, -0.2) is 4.98 Å². The summed E-state index contributed by atoms with van der Waals surface area (Å²) in [5, 5.41) is 46.0. The molecule has 6 N–H and O–H groups in total. The Balaban J connectivity index is 0.00000417. The number of hydrogen-bond acceptors (Lipinski definition) is 13. The molecule has 0 bridgehead atoms. The lowest BCUT2D eigenvalue weighted by atomic mass is 9.72. The number of hydrogen-bond donors (Lipinski definition) is 5. The lowest BCUT2D eigenvalue weighted by Gasteiger charge is -2.42. The van der Waals surface area contributed by atoms with Gasteiger partial charge >= 0.3 is 0 Å². The maximum absolute atomic E-state index is 13.8. The van der Waals surface area contributed by atoms with Gasteiger partial charge in [0, 0.05) is 48.2 Å². The van der Waals surface area contributed by atoms with Crippen LogP contribution in [0.15, 0.2) is 47.6 Å². The van der Waals surface area contributed by atoms with Crippen molar-refractivity contribution in [1.29, 1.82) is 0 Å². The number of fused-ring (bicyclic) bond motifs is 3. The van der Waals surface area contributed by atoms with E-state index in [-0.39, 0.29) is 59.0 Å². The van der Waals surface area contributed by atoms with Crippen LogP contribution in [0.2, 0.25) is 0 Å². The van der Waals surface area contributed by atoms with Crippen LogP contribution < -0.4 is 10.5 Å². The number of benzene rings is 2. The number of ketones is 3. The average Bonchev–Trinajstić information content (AvgIpc) is 3.02. The highest BCUT2D eigenvalue weighted by molar-refractivity contribution is 7.99. The molecule has 1 saturated heterocycles. The Morgan fingerprint density at radius 3 is 2.52 bits per heavy atom. The summed E-state index contributed by atoms with van der Waals surface area (Å²) >= 11 is 1.11. The number of pyridine rings is 1. The fourth-order valence-corrected chi connectivity index (χ4v) is 7.17. The number of Topliss-reactive ketones (excluding diaryl/α,β-unsaturated/α-hetero) is 1. The monoisotopic (exact) mass is 672 g/mol. The van der Waals surface area contributed by atoms with Crippen molar-refractivity contribution in [3.05, 3.63) is 76.0 Å². The van der Waals surface area contributed by atoms with Gasteiger partial charge in [0.2, 0.25) is 5.78 Å². The largest absolute Gasteiger partial charge is 0.507 e. The molecular formula is C32H33ClN2O10S. The fourth-order valence-electron chi connectivity index (χ4n) is 6.31. The molecule has 0 radical (unpaired) electrons. The molecule has 3 aromatic rings. The highest BCUT2D eigenvalue weighted by atomic mass is 35.5. The lowest BCUT2D eigenvalue weighted by molar-refractivity contribution is -0.247. The second-order valence-electron chi connectivity index (χ2n) is 11.5. The molecule has 14 heteroatoms. The Morgan fingerprint density at radius 1 is 1.11 bits per heavy atom. The van der Waals surface area contributed by atoms with Crippen LogP contribution in [-0.4, -0.2) is 85.8 Å². The zero-order valence-electron chi connectivity index (χ0n) is 24.8. The number of aliphatic hydroxyl groups is 2. The summed E-state index contributed by atoms with van der Waals surface area (Å²) in [4.78, 5) is 45.4. The van der Waals surface area contributed by atoms with E-state index < -0.39 is 82.6 Å². The van der Waals surface area contributed by atoms with Gasteiger partial charge in [0.05, 0.1) is 52.9 Å². The number of carbonyl (C=O) groups excluding carboxylic acids is 3. The number of ether oxygens (including phenoxy) is 3. The van der Waals surface area contributed by atoms with E-state index in [1.807, 2.05) is 0 Å². The first-order chi connectivity index (χ1) is 21.4. The number of methoxy groups -OCH3 is 1. The van der Waals surface area contributed by atoms with Crippen LogP contribution in [0.3, 0.4) is 0 Å². The first kappa shape index (κ1) is 33.8. The highest BCUT2D eigenvalue weighted by Crippen LogP contribution is 2.52. The molecule has 12 nitrogen and oxygen atoms in total. The first-order valence-electron chi connectivity index (χ1n) is 14.4.